The highest BCUT2D eigenvalue weighted by Gasteiger charge is 2.46. The average Bonchev–Trinajstić information content (AvgIpc) is 2.81. The Morgan fingerprint density at radius 3 is 2.62 bits per heavy atom. The molecule has 2 rings (SSSR count). The van der Waals surface area contributed by atoms with E-state index >= 15 is 0 Å². The van der Waals surface area contributed by atoms with Crippen molar-refractivity contribution in [3.8, 4) is 6.07 Å². The number of hydrogen-bond donors (Lipinski definition) is 2. The SMILES string of the molecule is CC(C)C(C)(C#N)N1C(=O)C=C(Nc2cc(Cl)ccc2CO)C1=O. The van der Waals surface area contributed by atoms with Crippen LogP contribution < -0.4 is 5.32 Å². The van der Waals surface area contributed by atoms with Crippen LogP contribution in [0.2, 0.25) is 5.02 Å². The summed E-state index contributed by atoms with van der Waals surface area (Å²) in [6, 6.07) is 6.85. The van der Waals surface area contributed by atoms with Gasteiger partial charge in [-0.15, -0.1) is 0 Å². The Hall–Kier alpha value is -2.36. The molecule has 0 saturated carbocycles. The third-order valence-corrected chi connectivity index (χ3v) is 4.48. The third kappa shape index (κ3) is 3.01. The number of anilines is 1. The maximum Gasteiger partial charge on any atom is 0.278 e. The van der Waals surface area contributed by atoms with E-state index in [1.54, 1.807) is 39.0 Å². The van der Waals surface area contributed by atoms with Gasteiger partial charge in [-0.3, -0.25) is 14.5 Å². The van der Waals surface area contributed by atoms with Crippen LogP contribution in [0.4, 0.5) is 5.69 Å². The van der Waals surface area contributed by atoms with Gasteiger partial charge in [-0.05, 0) is 25.0 Å². The van der Waals surface area contributed by atoms with E-state index in [9.17, 15) is 20.0 Å². The number of benzene rings is 1. The van der Waals surface area contributed by atoms with Crippen molar-refractivity contribution in [1.82, 2.24) is 4.90 Å². The van der Waals surface area contributed by atoms with Crippen LogP contribution in [0.5, 0.6) is 0 Å². The molecule has 1 aliphatic heterocycles. The van der Waals surface area contributed by atoms with Crippen LogP contribution in [0.1, 0.15) is 26.3 Å². The van der Waals surface area contributed by atoms with E-state index in [-0.39, 0.29) is 18.2 Å². The van der Waals surface area contributed by atoms with Crippen LogP contribution >= 0.6 is 11.6 Å². The number of aliphatic hydroxyl groups excluding tert-OH is 1. The molecule has 0 saturated heterocycles. The van der Waals surface area contributed by atoms with Crippen LogP contribution in [-0.2, 0) is 16.2 Å². The summed E-state index contributed by atoms with van der Waals surface area (Å²) < 4.78 is 0. The molecule has 1 atom stereocenters. The Labute approximate surface area is 145 Å². The molecule has 2 N–H and O–H groups in total. The standard InChI is InChI=1S/C17H18ClN3O3/c1-10(2)17(3,9-19)21-15(23)7-14(16(21)24)20-13-6-12(18)5-4-11(13)8-22/h4-7,10,20,22H,8H2,1-3H3. The van der Waals surface area contributed by atoms with Crippen LogP contribution in [0, 0.1) is 17.2 Å². The molecule has 7 heteroatoms. The lowest BCUT2D eigenvalue weighted by Gasteiger charge is -2.34. The predicted octanol–water partition coefficient (Wildman–Crippen LogP) is 2.44. The minimum absolute atomic E-state index is 0.0408. The number of nitriles is 1. The molecule has 1 aromatic carbocycles. The molecule has 1 aromatic rings. The lowest BCUT2D eigenvalue weighted by molar-refractivity contribution is -0.143. The fourth-order valence-corrected chi connectivity index (χ4v) is 2.56. The van der Waals surface area contributed by atoms with Gasteiger partial charge in [0.2, 0.25) is 0 Å². The minimum Gasteiger partial charge on any atom is -0.392 e. The zero-order chi connectivity index (χ0) is 18.1. The zero-order valence-electron chi connectivity index (χ0n) is 13.6. The van der Waals surface area contributed by atoms with E-state index < -0.39 is 17.4 Å². The van der Waals surface area contributed by atoms with Gasteiger partial charge in [0.15, 0.2) is 0 Å². The Kier molecular flexibility index (Phi) is 4.97. The topological polar surface area (TPSA) is 93.4 Å². The summed E-state index contributed by atoms with van der Waals surface area (Å²) in [4.78, 5) is 25.9. The first-order valence-corrected chi connectivity index (χ1v) is 7.80. The van der Waals surface area contributed by atoms with E-state index in [1.165, 1.54) is 0 Å². The van der Waals surface area contributed by atoms with Gasteiger partial charge in [0.05, 0.1) is 12.7 Å². The maximum atomic E-state index is 12.6. The van der Waals surface area contributed by atoms with Crippen LogP contribution in [-0.4, -0.2) is 27.4 Å². The third-order valence-electron chi connectivity index (χ3n) is 4.25. The molecule has 0 spiro atoms. The van der Waals surface area contributed by atoms with Gasteiger partial charge in [-0.1, -0.05) is 31.5 Å². The smallest absolute Gasteiger partial charge is 0.278 e. The summed E-state index contributed by atoms with van der Waals surface area (Å²) in [5, 5.41) is 22.1. The van der Waals surface area contributed by atoms with Gasteiger partial charge < -0.3 is 10.4 Å². The highest BCUT2D eigenvalue weighted by molar-refractivity contribution is 6.31. The van der Waals surface area contributed by atoms with E-state index in [0.29, 0.717) is 16.3 Å². The van der Waals surface area contributed by atoms with Crippen molar-refractivity contribution >= 4 is 29.1 Å². The van der Waals surface area contributed by atoms with Crippen molar-refractivity contribution in [3.63, 3.8) is 0 Å². The Morgan fingerprint density at radius 1 is 1.42 bits per heavy atom. The van der Waals surface area contributed by atoms with Crippen LogP contribution in [0.3, 0.4) is 0 Å². The van der Waals surface area contributed by atoms with Crippen LogP contribution in [0.25, 0.3) is 0 Å². The molecule has 126 valence electrons. The van der Waals surface area contributed by atoms with Gasteiger partial charge >= 0.3 is 0 Å². The lowest BCUT2D eigenvalue weighted by Crippen LogP contribution is -2.53. The zero-order valence-corrected chi connectivity index (χ0v) is 14.4. The molecule has 1 aliphatic rings. The molecule has 0 bridgehead atoms. The second-order valence-electron chi connectivity index (χ2n) is 6.04. The second-order valence-corrected chi connectivity index (χ2v) is 6.47. The number of halogens is 1. The first-order valence-electron chi connectivity index (χ1n) is 7.42. The molecule has 0 aliphatic carbocycles. The first kappa shape index (κ1) is 18.0. The number of nitrogens with zero attached hydrogens (tertiary/aromatic N) is 2. The summed E-state index contributed by atoms with van der Waals surface area (Å²) >= 11 is 5.94. The van der Waals surface area contributed by atoms with Crippen molar-refractivity contribution in [3.05, 3.63) is 40.6 Å². The minimum atomic E-state index is -1.25. The van der Waals surface area contributed by atoms with E-state index in [2.05, 4.69) is 11.4 Å². The van der Waals surface area contributed by atoms with Crippen molar-refractivity contribution in [1.29, 1.82) is 5.26 Å². The molecular formula is C17H18ClN3O3. The van der Waals surface area contributed by atoms with Crippen molar-refractivity contribution in [2.24, 2.45) is 5.92 Å². The van der Waals surface area contributed by atoms with E-state index in [0.717, 1.165) is 11.0 Å². The summed E-state index contributed by atoms with van der Waals surface area (Å²) in [6.45, 7) is 4.86. The lowest BCUT2D eigenvalue weighted by atomic mass is 9.88. The number of carbonyl (C=O) groups excluding carboxylic acids is 2. The van der Waals surface area contributed by atoms with Crippen molar-refractivity contribution in [2.45, 2.75) is 32.9 Å². The average molecular weight is 348 g/mol. The number of carbonyl (C=O) groups is 2. The van der Waals surface area contributed by atoms with E-state index in [4.69, 9.17) is 11.6 Å². The number of aliphatic hydroxyl groups is 1. The fraction of sp³-hybridized carbons (Fsp3) is 0.353. The second kappa shape index (κ2) is 6.63. The highest BCUT2D eigenvalue weighted by Crippen LogP contribution is 2.31. The van der Waals surface area contributed by atoms with Gasteiger partial charge in [-0.2, -0.15) is 5.26 Å². The molecule has 0 aromatic heterocycles. The number of hydrogen-bond acceptors (Lipinski definition) is 5. The summed E-state index contributed by atoms with van der Waals surface area (Å²) in [5.41, 5.74) is -0.241. The first-order chi connectivity index (χ1) is 11.2. The van der Waals surface area contributed by atoms with E-state index in [1.807, 2.05) is 0 Å². The Bertz CT molecular complexity index is 767. The highest BCUT2D eigenvalue weighted by atomic mass is 35.5. The molecule has 1 unspecified atom stereocenters. The number of nitrogens with one attached hydrogen (secondary N) is 1. The van der Waals surface area contributed by atoms with Crippen molar-refractivity contribution in [2.75, 3.05) is 5.32 Å². The molecule has 24 heavy (non-hydrogen) atoms. The summed E-state index contributed by atoms with van der Waals surface area (Å²) in [5.74, 6) is -1.36. The predicted molar refractivity (Wildman–Crippen MR) is 89.8 cm³/mol. The number of imide groups is 1. The van der Waals surface area contributed by atoms with Gasteiger partial charge in [0, 0.05) is 22.3 Å². The number of amides is 2. The van der Waals surface area contributed by atoms with Crippen molar-refractivity contribution < 1.29 is 14.7 Å². The molecular weight excluding hydrogens is 330 g/mol. The molecule has 0 radical (unpaired) electrons. The number of rotatable bonds is 5. The maximum absolute atomic E-state index is 12.6. The Morgan fingerprint density at radius 2 is 2.08 bits per heavy atom. The van der Waals surface area contributed by atoms with Gasteiger partial charge in [-0.25, -0.2) is 0 Å². The van der Waals surface area contributed by atoms with Gasteiger partial charge in [0.25, 0.3) is 11.8 Å². The monoisotopic (exact) mass is 347 g/mol. The summed E-state index contributed by atoms with van der Waals surface area (Å²) in [6.07, 6.45) is 1.16. The normalized spacial score (nSPS) is 16.9. The molecule has 1 heterocycles. The molecule has 6 nitrogen and oxygen atoms in total. The quantitative estimate of drug-likeness (QED) is 0.798. The fourth-order valence-electron chi connectivity index (χ4n) is 2.39. The van der Waals surface area contributed by atoms with Crippen LogP contribution in [0.15, 0.2) is 30.0 Å². The summed E-state index contributed by atoms with van der Waals surface area (Å²) in [7, 11) is 0. The largest absolute Gasteiger partial charge is 0.392 e. The molecule has 2 amide bonds. The Balaban J connectivity index is 2.35. The molecule has 0 fully saturated rings. The van der Waals surface area contributed by atoms with Gasteiger partial charge in [0.1, 0.15) is 11.2 Å².